The molecule has 11 nitrogen and oxygen atoms in total. The van der Waals surface area contributed by atoms with Gasteiger partial charge in [0.25, 0.3) is 5.91 Å². The molecule has 1 aliphatic heterocycles. The van der Waals surface area contributed by atoms with E-state index in [0.29, 0.717) is 35.5 Å². The molecule has 2 unspecified atom stereocenters. The van der Waals surface area contributed by atoms with E-state index in [0.717, 1.165) is 31.4 Å². The molecule has 0 bridgehead atoms. The Labute approximate surface area is 306 Å². The highest BCUT2D eigenvalue weighted by atomic mass is 32.2. The van der Waals surface area contributed by atoms with Gasteiger partial charge in [0.1, 0.15) is 22.7 Å². The number of unbranched alkanes of at least 4 members (excludes halogenated alkanes) is 2. The maximum absolute atomic E-state index is 14.3. The number of para-hydroxylation sites is 1. The largest absolute Gasteiger partial charge is 0.483 e. The molecule has 13 heteroatoms. The molecule has 4 N–H and O–H groups in total. The molecule has 3 aromatic carbocycles. The van der Waals surface area contributed by atoms with E-state index in [-0.39, 0.29) is 10.6 Å². The number of amides is 2. The van der Waals surface area contributed by atoms with Crippen molar-refractivity contribution in [1.82, 2.24) is 15.4 Å². The summed E-state index contributed by atoms with van der Waals surface area (Å²) in [6.07, 6.45) is 6.78. The van der Waals surface area contributed by atoms with Crippen molar-refractivity contribution in [2.45, 2.75) is 93.6 Å². The fraction of sp³-hybridized carbons (Fsp3) is 0.447. The molecular weight excluding hydrogens is 689 g/mol. The number of anilines is 2. The summed E-state index contributed by atoms with van der Waals surface area (Å²) in [5, 5.41) is 14.8. The molecule has 0 spiro atoms. The average molecular weight is 739 g/mol. The van der Waals surface area contributed by atoms with Gasteiger partial charge in [0.15, 0.2) is 6.61 Å². The number of benzene rings is 3. The number of carboxylic acids is 1. The van der Waals surface area contributed by atoms with E-state index in [1.807, 2.05) is 36.6 Å². The molecule has 0 saturated heterocycles. The molecule has 2 amide bonds. The van der Waals surface area contributed by atoms with E-state index in [9.17, 15) is 27.9 Å². The quantitative estimate of drug-likeness (QED) is 0.115. The number of sulfonamides is 1. The number of hydrogen-bond donors (Lipinski definition) is 4. The Morgan fingerprint density at radius 1 is 0.961 bits per heavy atom. The van der Waals surface area contributed by atoms with Crippen molar-refractivity contribution in [3.63, 3.8) is 0 Å². The van der Waals surface area contributed by atoms with Crippen LogP contribution in [0.15, 0.2) is 82.6 Å². The highest BCUT2D eigenvalue weighted by Gasteiger charge is 2.42. The molecule has 1 heterocycles. The van der Waals surface area contributed by atoms with Crippen LogP contribution in [-0.2, 0) is 24.4 Å². The van der Waals surface area contributed by atoms with Gasteiger partial charge < -0.3 is 25.4 Å². The summed E-state index contributed by atoms with van der Waals surface area (Å²) in [5.41, 5.74) is 1.13. The van der Waals surface area contributed by atoms with E-state index < -0.39 is 58.0 Å². The first-order chi connectivity index (χ1) is 24.3. The van der Waals surface area contributed by atoms with Crippen molar-refractivity contribution in [2.24, 2.45) is 5.92 Å². The summed E-state index contributed by atoms with van der Waals surface area (Å²) >= 11 is 1.36. The number of thioether (sulfide) groups is 1. The number of fused-ring (bicyclic) bond motifs is 1. The van der Waals surface area contributed by atoms with Crippen LogP contribution in [0.25, 0.3) is 0 Å². The van der Waals surface area contributed by atoms with Gasteiger partial charge in [-0.25, -0.2) is 17.9 Å². The SMILES string of the molecule is CCCCC1(CCCC)CN(c2ccccc2)c2cc(SC)c(OCC(=O)NC(C(=O)NC(C(=O)O)C(C)C)c3ccccc3)cc2S(=O)(=O)N1. The van der Waals surface area contributed by atoms with E-state index in [4.69, 9.17) is 4.74 Å². The molecule has 51 heavy (non-hydrogen) atoms. The van der Waals surface area contributed by atoms with Gasteiger partial charge in [-0.2, -0.15) is 0 Å². The third kappa shape index (κ3) is 10.0. The number of ether oxygens (including phenoxy) is 1. The van der Waals surface area contributed by atoms with Crippen LogP contribution in [0.1, 0.15) is 77.8 Å². The van der Waals surface area contributed by atoms with E-state index in [2.05, 4.69) is 34.1 Å². The Morgan fingerprint density at radius 3 is 2.12 bits per heavy atom. The van der Waals surface area contributed by atoms with E-state index in [1.165, 1.54) is 17.8 Å². The number of hydrogen-bond acceptors (Lipinski definition) is 8. The van der Waals surface area contributed by atoms with Crippen molar-refractivity contribution in [1.29, 1.82) is 0 Å². The van der Waals surface area contributed by atoms with Gasteiger partial charge in [-0.3, -0.25) is 9.59 Å². The number of rotatable bonds is 17. The Morgan fingerprint density at radius 2 is 1.57 bits per heavy atom. The number of carbonyl (C=O) groups is 3. The molecule has 276 valence electrons. The van der Waals surface area contributed by atoms with Gasteiger partial charge in [-0.1, -0.05) is 102 Å². The van der Waals surface area contributed by atoms with Crippen LogP contribution in [-0.4, -0.2) is 62.3 Å². The van der Waals surface area contributed by atoms with Crippen molar-refractivity contribution in [3.8, 4) is 5.75 Å². The Hall–Kier alpha value is -4.07. The molecule has 0 radical (unpaired) electrons. The maximum atomic E-state index is 14.3. The summed E-state index contributed by atoms with van der Waals surface area (Å²) in [7, 11) is -4.05. The molecule has 0 aliphatic carbocycles. The van der Waals surface area contributed by atoms with Crippen molar-refractivity contribution in [2.75, 3.05) is 24.3 Å². The number of nitrogens with zero attached hydrogens (tertiary/aromatic N) is 1. The van der Waals surface area contributed by atoms with E-state index in [1.54, 1.807) is 50.2 Å². The highest BCUT2D eigenvalue weighted by Crippen LogP contribution is 2.44. The summed E-state index contributed by atoms with van der Waals surface area (Å²) in [4.78, 5) is 41.3. The Balaban J connectivity index is 1.68. The fourth-order valence-electron chi connectivity index (χ4n) is 6.28. The Bertz CT molecular complexity index is 1750. The smallest absolute Gasteiger partial charge is 0.326 e. The molecule has 2 atom stereocenters. The monoisotopic (exact) mass is 738 g/mol. The van der Waals surface area contributed by atoms with Gasteiger partial charge in [-0.05, 0) is 48.8 Å². The minimum Gasteiger partial charge on any atom is -0.483 e. The first kappa shape index (κ1) is 39.7. The van der Waals surface area contributed by atoms with Crippen molar-refractivity contribution >= 4 is 50.9 Å². The molecule has 1 aliphatic rings. The third-order valence-electron chi connectivity index (χ3n) is 9.01. The summed E-state index contributed by atoms with van der Waals surface area (Å²) in [6.45, 7) is 7.47. The maximum Gasteiger partial charge on any atom is 0.326 e. The van der Waals surface area contributed by atoms with Gasteiger partial charge in [0.2, 0.25) is 15.9 Å². The zero-order valence-corrected chi connectivity index (χ0v) is 31.6. The van der Waals surface area contributed by atoms with Crippen LogP contribution in [0, 0.1) is 5.92 Å². The minimum atomic E-state index is -4.05. The number of carbonyl (C=O) groups excluding carboxylic acids is 2. The van der Waals surface area contributed by atoms with Crippen LogP contribution >= 0.6 is 11.8 Å². The van der Waals surface area contributed by atoms with Gasteiger partial charge in [0.05, 0.1) is 16.1 Å². The molecule has 4 rings (SSSR count). The fourth-order valence-corrected chi connectivity index (χ4v) is 8.49. The van der Waals surface area contributed by atoms with Crippen LogP contribution < -0.4 is 25.0 Å². The predicted molar refractivity (Wildman–Crippen MR) is 201 cm³/mol. The lowest BCUT2D eigenvalue weighted by Gasteiger charge is -2.37. The number of nitrogens with one attached hydrogen (secondary N) is 3. The number of aliphatic carboxylic acids is 1. The summed E-state index contributed by atoms with van der Waals surface area (Å²) < 4.78 is 37.7. The molecule has 0 aromatic heterocycles. The second-order valence-corrected chi connectivity index (χ2v) is 15.8. The zero-order valence-electron chi connectivity index (χ0n) is 30.0. The molecule has 3 aromatic rings. The first-order valence-corrected chi connectivity index (χ1v) is 20.1. The lowest BCUT2D eigenvalue weighted by molar-refractivity contribution is -0.143. The van der Waals surface area contributed by atoms with Crippen LogP contribution in [0.3, 0.4) is 0 Å². The first-order valence-electron chi connectivity index (χ1n) is 17.4. The average Bonchev–Trinajstić information content (AvgIpc) is 3.21. The predicted octanol–water partition coefficient (Wildman–Crippen LogP) is 6.42. The summed E-state index contributed by atoms with van der Waals surface area (Å²) in [6, 6.07) is 19.2. The normalized spacial score (nSPS) is 16.0. The van der Waals surface area contributed by atoms with E-state index >= 15 is 0 Å². The van der Waals surface area contributed by atoms with Crippen LogP contribution in [0.5, 0.6) is 5.75 Å². The molecule has 0 saturated carbocycles. The highest BCUT2D eigenvalue weighted by molar-refractivity contribution is 7.98. The Kier molecular flexibility index (Phi) is 14.0. The third-order valence-corrected chi connectivity index (χ3v) is 11.4. The molecule has 0 fully saturated rings. The van der Waals surface area contributed by atoms with Gasteiger partial charge >= 0.3 is 5.97 Å². The van der Waals surface area contributed by atoms with Gasteiger partial charge in [0, 0.05) is 18.3 Å². The zero-order chi connectivity index (χ0) is 37.2. The topological polar surface area (TPSA) is 154 Å². The lowest BCUT2D eigenvalue weighted by Crippen LogP contribution is -2.53. The standard InChI is InChI=1S/C38H50N4O7S2/c1-6-8-20-38(21-9-7-2)25-42(28-18-14-11-15-19-28)29-22-31(50-5)30(23-32(29)51(47,48)41-38)49-24-33(43)39-35(27-16-12-10-13-17-27)36(44)40-34(26(3)4)37(45)46/h10-19,22-23,26,34-35,41H,6-9,20-21,24-25H2,1-5H3,(H,39,43)(H,40,44)(H,45,46). The van der Waals surface area contributed by atoms with Crippen LogP contribution in [0.2, 0.25) is 0 Å². The van der Waals surface area contributed by atoms with Crippen molar-refractivity contribution < 1.29 is 32.6 Å². The second kappa shape index (κ2) is 17.9. The minimum absolute atomic E-state index is 0.0457. The second-order valence-electron chi connectivity index (χ2n) is 13.3. The van der Waals surface area contributed by atoms with Crippen LogP contribution in [0.4, 0.5) is 11.4 Å². The summed E-state index contributed by atoms with van der Waals surface area (Å²) in [5.74, 6) is -2.71. The number of carboxylic acid groups (broad SMARTS) is 1. The lowest BCUT2D eigenvalue weighted by atomic mass is 9.87. The molecular formula is C38H50N4O7S2. The van der Waals surface area contributed by atoms with Crippen molar-refractivity contribution in [3.05, 3.63) is 78.4 Å². The van der Waals surface area contributed by atoms with Gasteiger partial charge in [-0.15, -0.1) is 11.8 Å².